The fourth-order valence-corrected chi connectivity index (χ4v) is 2.06. The highest BCUT2D eigenvalue weighted by atomic mass is 35.5. The number of nitrogens with zero attached hydrogens (tertiary/aromatic N) is 1. The molecule has 74 valence electrons. The first kappa shape index (κ1) is 10.9. The minimum Gasteiger partial charge on any atom is -0.253 e. The highest BCUT2D eigenvalue weighted by Gasteiger charge is 2.10. The van der Waals surface area contributed by atoms with Gasteiger partial charge in [-0.15, -0.1) is 23.2 Å². The van der Waals surface area contributed by atoms with Crippen LogP contribution >= 0.6 is 23.2 Å². The Morgan fingerprint density at radius 3 is 1.85 bits per heavy atom. The van der Waals surface area contributed by atoms with Crippen LogP contribution in [-0.4, -0.2) is 18.6 Å². The number of hydrogen-bond acceptors (Lipinski definition) is 2. The summed E-state index contributed by atoms with van der Waals surface area (Å²) in [6.07, 6.45) is 4.10. The van der Waals surface area contributed by atoms with Gasteiger partial charge in [0.05, 0.1) is 6.26 Å². The second-order valence-corrected chi connectivity index (χ2v) is 5.09. The molecular weight excluding hydrogens is 233 g/mol. The normalized spacial score (nSPS) is 11.9. The Labute approximate surface area is 87.3 Å². The lowest BCUT2D eigenvalue weighted by molar-refractivity contribution is 0.593. The van der Waals surface area contributed by atoms with Gasteiger partial charge in [0.25, 0.3) is 0 Å². The molecule has 0 fully saturated rings. The summed E-state index contributed by atoms with van der Waals surface area (Å²) in [5.74, 6) is 0.537. The molecule has 0 atom stereocenters. The molecule has 13 heavy (non-hydrogen) atoms. The summed E-state index contributed by atoms with van der Waals surface area (Å²) >= 11 is 11.2. The van der Waals surface area contributed by atoms with Crippen molar-refractivity contribution in [3.8, 4) is 0 Å². The van der Waals surface area contributed by atoms with E-state index in [0.29, 0.717) is 0 Å². The van der Waals surface area contributed by atoms with Crippen LogP contribution in [0.3, 0.4) is 0 Å². The average Bonchev–Trinajstić information content (AvgIpc) is 2.45. The molecule has 0 amide bonds. The summed E-state index contributed by atoms with van der Waals surface area (Å²) < 4.78 is 23.3. The predicted molar refractivity (Wildman–Crippen MR) is 53.8 cm³/mol. The van der Waals surface area contributed by atoms with E-state index in [-0.39, 0.29) is 11.8 Å². The largest absolute Gasteiger partial charge is 0.253 e. The lowest BCUT2D eigenvalue weighted by Crippen LogP contribution is -2.06. The molecule has 0 unspecified atom stereocenters. The van der Waals surface area contributed by atoms with E-state index in [2.05, 4.69) is 0 Å². The van der Waals surface area contributed by atoms with Crippen molar-refractivity contribution >= 4 is 33.2 Å². The zero-order valence-corrected chi connectivity index (χ0v) is 9.33. The van der Waals surface area contributed by atoms with Gasteiger partial charge in [-0.3, -0.25) is 3.97 Å². The molecule has 0 N–H and O–H groups in total. The van der Waals surface area contributed by atoms with Gasteiger partial charge in [-0.2, -0.15) is 0 Å². The molecule has 0 aliphatic carbocycles. The van der Waals surface area contributed by atoms with Crippen LogP contribution in [0.4, 0.5) is 0 Å². The van der Waals surface area contributed by atoms with Gasteiger partial charge in [0.1, 0.15) is 0 Å². The van der Waals surface area contributed by atoms with E-state index >= 15 is 0 Å². The van der Waals surface area contributed by atoms with Crippen LogP contribution in [0, 0.1) is 0 Å². The lowest BCUT2D eigenvalue weighted by Gasteiger charge is -1.95. The molecule has 0 saturated carbocycles. The number of rotatable bonds is 3. The fraction of sp³-hybridized carbons (Fsp3) is 0.429. The molecule has 6 heteroatoms. The number of aromatic nitrogens is 1. The van der Waals surface area contributed by atoms with Gasteiger partial charge in [-0.1, -0.05) is 0 Å². The molecule has 0 bridgehead atoms. The fourth-order valence-electron chi connectivity index (χ4n) is 0.942. The Balaban J connectivity index is 3.22. The molecule has 3 nitrogen and oxygen atoms in total. The third-order valence-electron chi connectivity index (χ3n) is 1.65. The highest BCUT2D eigenvalue weighted by Crippen LogP contribution is 2.16. The summed E-state index contributed by atoms with van der Waals surface area (Å²) in [5, 5.41) is 0. The monoisotopic (exact) mass is 241 g/mol. The standard InChI is InChI=1S/C7H9Cl2NO2S/c1-13(11,12)10-4-6(2-8)7(3-9)5-10/h4-5H,2-3H2,1H3. The van der Waals surface area contributed by atoms with Gasteiger partial charge in [-0.25, -0.2) is 8.42 Å². The number of alkyl halides is 2. The zero-order valence-electron chi connectivity index (χ0n) is 7.00. The average molecular weight is 242 g/mol. The topological polar surface area (TPSA) is 39.1 Å². The Morgan fingerprint density at radius 2 is 1.62 bits per heavy atom. The van der Waals surface area contributed by atoms with E-state index in [9.17, 15) is 8.42 Å². The van der Waals surface area contributed by atoms with Crippen LogP contribution in [0.5, 0.6) is 0 Å². The molecule has 1 aromatic heterocycles. The molecule has 0 aliphatic heterocycles. The first-order valence-corrected chi connectivity index (χ1v) is 6.43. The molecule has 1 aromatic rings. The molecule has 0 aromatic carbocycles. The maximum atomic E-state index is 11.1. The van der Waals surface area contributed by atoms with Gasteiger partial charge in [-0.05, 0) is 11.1 Å². The third-order valence-corrected chi connectivity index (χ3v) is 3.20. The van der Waals surface area contributed by atoms with Gasteiger partial charge in [0.2, 0.25) is 10.0 Å². The Morgan fingerprint density at radius 1 is 1.23 bits per heavy atom. The van der Waals surface area contributed by atoms with Gasteiger partial charge < -0.3 is 0 Å². The summed E-state index contributed by atoms with van der Waals surface area (Å²) in [4.78, 5) is 0. The van der Waals surface area contributed by atoms with Crippen molar-refractivity contribution in [1.82, 2.24) is 3.97 Å². The van der Waals surface area contributed by atoms with Crippen molar-refractivity contribution in [1.29, 1.82) is 0 Å². The van der Waals surface area contributed by atoms with Crippen LogP contribution in [0.15, 0.2) is 12.4 Å². The van der Waals surface area contributed by atoms with Gasteiger partial charge >= 0.3 is 0 Å². The summed E-state index contributed by atoms with van der Waals surface area (Å²) in [7, 11) is -3.23. The van der Waals surface area contributed by atoms with Crippen molar-refractivity contribution in [3.05, 3.63) is 23.5 Å². The maximum absolute atomic E-state index is 11.1. The van der Waals surface area contributed by atoms with E-state index in [1.807, 2.05) is 0 Å². The number of halogens is 2. The van der Waals surface area contributed by atoms with Gasteiger partial charge in [0.15, 0.2) is 0 Å². The van der Waals surface area contributed by atoms with E-state index in [0.717, 1.165) is 21.4 Å². The van der Waals surface area contributed by atoms with Crippen molar-refractivity contribution < 1.29 is 8.42 Å². The van der Waals surface area contributed by atoms with Crippen molar-refractivity contribution in [2.45, 2.75) is 11.8 Å². The molecule has 0 spiro atoms. The third kappa shape index (κ3) is 2.39. The summed E-state index contributed by atoms with van der Waals surface area (Å²) in [5.41, 5.74) is 1.50. The second kappa shape index (κ2) is 3.90. The van der Waals surface area contributed by atoms with E-state index in [1.54, 1.807) is 0 Å². The molecule has 0 aliphatic rings. The van der Waals surface area contributed by atoms with Crippen LogP contribution in [-0.2, 0) is 21.8 Å². The van der Waals surface area contributed by atoms with Crippen LogP contribution < -0.4 is 0 Å². The Hall–Kier alpha value is -0.190. The van der Waals surface area contributed by atoms with E-state index in [1.165, 1.54) is 12.4 Å². The second-order valence-electron chi connectivity index (χ2n) is 2.67. The van der Waals surface area contributed by atoms with Crippen LogP contribution in [0.25, 0.3) is 0 Å². The highest BCUT2D eigenvalue weighted by molar-refractivity contribution is 7.89. The van der Waals surface area contributed by atoms with E-state index < -0.39 is 10.0 Å². The van der Waals surface area contributed by atoms with Crippen molar-refractivity contribution in [2.24, 2.45) is 0 Å². The lowest BCUT2D eigenvalue weighted by atomic mass is 10.2. The van der Waals surface area contributed by atoms with Crippen molar-refractivity contribution in [2.75, 3.05) is 6.26 Å². The van der Waals surface area contributed by atoms with Crippen LogP contribution in [0.2, 0.25) is 0 Å². The SMILES string of the molecule is CS(=O)(=O)n1cc(CCl)c(CCl)c1. The minimum absolute atomic E-state index is 0.268. The minimum atomic E-state index is -3.23. The Bertz CT molecular complexity index is 375. The van der Waals surface area contributed by atoms with E-state index in [4.69, 9.17) is 23.2 Å². The molecule has 1 rings (SSSR count). The van der Waals surface area contributed by atoms with Gasteiger partial charge in [0, 0.05) is 24.2 Å². The first-order valence-electron chi connectivity index (χ1n) is 3.51. The molecular formula is C7H9Cl2NO2S. The zero-order chi connectivity index (χ0) is 10.1. The predicted octanol–water partition coefficient (Wildman–Crippen LogP) is 1.77. The summed E-state index contributed by atoms with van der Waals surface area (Å²) in [6.45, 7) is 0. The van der Waals surface area contributed by atoms with Crippen molar-refractivity contribution in [3.63, 3.8) is 0 Å². The Kier molecular flexibility index (Phi) is 3.27. The summed E-state index contributed by atoms with van der Waals surface area (Å²) in [6, 6.07) is 0. The molecule has 0 radical (unpaired) electrons. The van der Waals surface area contributed by atoms with Crippen LogP contribution in [0.1, 0.15) is 11.1 Å². The molecule has 1 heterocycles. The maximum Gasteiger partial charge on any atom is 0.235 e. The molecule has 0 saturated heterocycles. The quantitative estimate of drug-likeness (QED) is 0.758. The first-order chi connectivity index (χ1) is 5.99. The number of hydrogen-bond donors (Lipinski definition) is 0. The smallest absolute Gasteiger partial charge is 0.235 e.